The highest BCUT2D eigenvalue weighted by molar-refractivity contribution is 5.13. The fourth-order valence-electron chi connectivity index (χ4n) is 2.66. The Morgan fingerprint density at radius 1 is 1.17 bits per heavy atom. The molecule has 2 fully saturated rings. The van der Waals surface area contributed by atoms with Gasteiger partial charge in [0.05, 0.1) is 13.2 Å². The number of benzene rings is 1. The number of hydrogen-bond acceptors (Lipinski definition) is 2. The molecule has 0 amide bonds. The molecule has 2 saturated carbocycles. The van der Waals surface area contributed by atoms with E-state index < -0.39 is 0 Å². The van der Waals surface area contributed by atoms with Crippen molar-refractivity contribution in [3.05, 3.63) is 35.9 Å². The molecule has 0 bridgehead atoms. The molecule has 98 valence electrons. The second-order valence-electron chi connectivity index (χ2n) is 5.99. The van der Waals surface area contributed by atoms with E-state index in [0.717, 1.165) is 25.8 Å². The molecule has 0 radical (unpaired) electrons. The van der Waals surface area contributed by atoms with Gasteiger partial charge in [0.15, 0.2) is 0 Å². The van der Waals surface area contributed by atoms with Gasteiger partial charge < -0.3 is 10.1 Å². The van der Waals surface area contributed by atoms with Gasteiger partial charge in [0.2, 0.25) is 0 Å². The number of ether oxygens (including phenoxy) is 1. The lowest BCUT2D eigenvalue weighted by Crippen LogP contribution is -2.44. The van der Waals surface area contributed by atoms with Crippen molar-refractivity contribution < 1.29 is 4.74 Å². The van der Waals surface area contributed by atoms with Crippen LogP contribution in [0.2, 0.25) is 0 Å². The van der Waals surface area contributed by atoms with Crippen molar-refractivity contribution in [3.63, 3.8) is 0 Å². The van der Waals surface area contributed by atoms with Crippen molar-refractivity contribution in [2.24, 2.45) is 5.41 Å². The Morgan fingerprint density at radius 2 is 1.94 bits per heavy atom. The predicted octanol–water partition coefficient (Wildman–Crippen LogP) is 3.13. The van der Waals surface area contributed by atoms with E-state index in [1.54, 1.807) is 0 Å². The molecule has 0 aromatic heterocycles. The average Bonchev–Trinajstić information content (AvgIpc) is 3.17. The second-order valence-corrected chi connectivity index (χ2v) is 5.99. The van der Waals surface area contributed by atoms with E-state index in [1.807, 2.05) is 0 Å². The highest BCUT2D eigenvalue weighted by Gasteiger charge is 2.38. The Morgan fingerprint density at radius 3 is 2.56 bits per heavy atom. The van der Waals surface area contributed by atoms with Crippen LogP contribution in [0, 0.1) is 5.41 Å². The maximum Gasteiger partial charge on any atom is 0.0717 e. The summed E-state index contributed by atoms with van der Waals surface area (Å²) in [6, 6.07) is 11.3. The normalized spacial score (nSPS) is 21.6. The van der Waals surface area contributed by atoms with Crippen LogP contribution < -0.4 is 5.32 Å². The first-order valence-electron chi connectivity index (χ1n) is 7.21. The summed E-state index contributed by atoms with van der Waals surface area (Å²) in [5.41, 5.74) is 1.72. The summed E-state index contributed by atoms with van der Waals surface area (Å²) < 4.78 is 5.94. The van der Waals surface area contributed by atoms with Crippen LogP contribution in [0.15, 0.2) is 30.3 Å². The zero-order chi connectivity index (χ0) is 12.3. The summed E-state index contributed by atoms with van der Waals surface area (Å²) in [6.07, 6.45) is 6.80. The zero-order valence-electron chi connectivity index (χ0n) is 11.0. The average molecular weight is 245 g/mol. The lowest BCUT2D eigenvalue weighted by atomic mass is 9.69. The standard InChI is InChI=1S/C16H23NO/c1-2-5-14(6-3-1)11-18-13-16(9-4-10-16)12-17-15-7-8-15/h1-3,5-6,15,17H,4,7-13H2. The van der Waals surface area contributed by atoms with Gasteiger partial charge in [-0.2, -0.15) is 0 Å². The molecule has 1 aromatic carbocycles. The minimum Gasteiger partial charge on any atom is -0.376 e. The lowest BCUT2D eigenvalue weighted by Gasteiger charge is -2.42. The van der Waals surface area contributed by atoms with Crippen molar-refractivity contribution in [1.82, 2.24) is 5.32 Å². The van der Waals surface area contributed by atoms with Gasteiger partial charge in [-0.15, -0.1) is 0 Å². The predicted molar refractivity (Wildman–Crippen MR) is 73.4 cm³/mol. The molecule has 2 aliphatic rings. The number of hydrogen-bond donors (Lipinski definition) is 1. The first-order valence-corrected chi connectivity index (χ1v) is 7.21. The number of nitrogens with one attached hydrogen (secondary N) is 1. The third kappa shape index (κ3) is 3.12. The molecule has 0 aliphatic heterocycles. The Bertz CT molecular complexity index is 368. The van der Waals surface area contributed by atoms with Gasteiger partial charge in [0.1, 0.15) is 0 Å². The van der Waals surface area contributed by atoms with E-state index in [0.29, 0.717) is 5.41 Å². The van der Waals surface area contributed by atoms with Crippen LogP contribution in [0.25, 0.3) is 0 Å². The molecule has 1 N–H and O–H groups in total. The van der Waals surface area contributed by atoms with E-state index in [-0.39, 0.29) is 0 Å². The monoisotopic (exact) mass is 245 g/mol. The topological polar surface area (TPSA) is 21.3 Å². The smallest absolute Gasteiger partial charge is 0.0717 e. The Balaban J connectivity index is 1.42. The molecule has 2 nitrogen and oxygen atoms in total. The number of rotatable bonds is 7. The van der Waals surface area contributed by atoms with Crippen LogP contribution in [0.3, 0.4) is 0 Å². The van der Waals surface area contributed by atoms with Crippen molar-refractivity contribution in [1.29, 1.82) is 0 Å². The van der Waals surface area contributed by atoms with E-state index >= 15 is 0 Å². The molecule has 18 heavy (non-hydrogen) atoms. The van der Waals surface area contributed by atoms with Crippen molar-refractivity contribution in [2.75, 3.05) is 13.2 Å². The summed E-state index contributed by atoms with van der Waals surface area (Å²) in [7, 11) is 0. The Hall–Kier alpha value is -0.860. The van der Waals surface area contributed by atoms with Crippen LogP contribution >= 0.6 is 0 Å². The third-order valence-corrected chi connectivity index (χ3v) is 4.28. The molecule has 0 spiro atoms. The fourth-order valence-corrected chi connectivity index (χ4v) is 2.66. The zero-order valence-corrected chi connectivity index (χ0v) is 11.0. The van der Waals surface area contributed by atoms with Gasteiger partial charge in [-0.05, 0) is 31.2 Å². The van der Waals surface area contributed by atoms with Gasteiger partial charge in [-0.3, -0.25) is 0 Å². The van der Waals surface area contributed by atoms with Crippen LogP contribution in [-0.2, 0) is 11.3 Å². The Kier molecular flexibility index (Phi) is 3.67. The summed E-state index contributed by atoms with van der Waals surface area (Å²) in [5, 5.41) is 3.67. The van der Waals surface area contributed by atoms with Crippen molar-refractivity contribution in [3.8, 4) is 0 Å². The summed E-state index contributed by atoms with van der Waals surface area (Å²) in [5.74, 6) is 0. The summed E-state index contributed by atoms with van der Waals surface area (Å²) in [4.78, 5) is 0. The molecule has 0 heterocycles. The maximum atomic E-state index is 5.94. The van der Waals surface area contributed by atoms with Gasteiger partial charge >= 0.3 is 0 Å². The Labute approximate surface area is 110 Å². The van der Waals surface area contributed by atoms with E-state index in [1.165, 1.54) is 37.7 Å². The second kappa shape index (κ2) is 5.41. The molecular formula is C16H23NO. The minimum atomic E-state index is 0.442. The fraction of sp³-hybridized carbons (Fsp3) is 0.625. The molecule has 2 heteroatoms. The molecule has 2 aliphatic carbocycles. The molecule has 0 saturated heterocycles. The quantitative estimate of drug-likeness (QED) is 0.797. The largest absolute Gasteiger partial charge is 0.376 e. The minimum absolute atomic E-state index is 0.442. The van der Waals surface area contributed by atoms with Gasteiger partial charge in [-0.1, -0.05) is 36.8 Å². The lowest BCUT2D eigenvalue weighted by molar-refractivity contribution is -0.0132. The van der Waals surface area contributed by atoms with Crippen LogP contribution in [0.4, 0.5) is 0 Å². The summed E-state index contributed by atoms with van der Waals surface area (Å²) in [6.45, 7) is 2.83. The third-order valence-electron chi connectivity index (χ3n) is 4.28. The van der Waals surface area contributed by atoms with E-state index in [9.17, 15) is 0 Å². The first kappa shape index (κ1) is 12.2. The molecular weight excluding hydrogens is 222 g/mol. The van der Waals surface area contributed by atoms with E-state index in [2.05, 4.69) is 35.6 Å². The van der Waals surface area contributed by atoms with Crippen LogP contribution in [0.5, 0.6) is 0 Å². The van der Waals surface area contributed by atoms with Gasteiger partial charge in [0, 0.05) is 18.0 Å². The molecule has 0 unspecified atom stereocenters. The van der Waals surface area contributed by atoms with Crippen LogP contribution in [-0.4, -0.2) is 19.2 Å². The first-order chi connectivity index (χ1) is 8.86. The van der Waals surface area contributed by atoms with Gasteiger partial charge in [-0.25, -0.2) is 0 Å². The van der Waals surface area contributed by atoms with Crippen molar-refractivity contribution >= 4 is 0 Å². The highest BCUT2D eigenvalue weighted by Crippen LogP contribution is 2.41. The van der Waals surface area contributed by atoms with E-state index in [4.69, 9.17) is 4.74 Å². The van der Waals surface area contributed by atoms with Crippen molar-refractivity contribution in [2.45, 2.75) is 44.8 Å². The SMILES string of the molecule is c1ccc(COCC2(CNC3CC3)CCC2)cc1. The molecule has 0 atom stereocenters. The van der Waals surface area contributed by atoms with Crippen LogP contribution in [0.1, 0.15) is 37.7 Å². The maximum absolute atomic E-state index is 5.94. The molecule has 1 aromatic rings. The van der Waals surface area contributed by atoms with Gasteiger partial charge in [0.25, 0.3) is 0 Å². The molecule has 3 rings (SSSR count). The summed E-state index contributed by atoms with van der Waals surface area (Å²) >= 11 is 0. The highest BCUT2D eigenvalue weighted by atomic mass is 16.5.